The van der Waals surface area contributed by atoms with Crippen LogP contribution >= 0.6 is 24.0 Å². The highest BCUT2D eigenvalue weighted by atomic mass is 127. The van der Waals surface area contributed by atoms with Gasteiger partial charge >= 0.3 is 0 Å². The van der Waals surface area contributed by atoms with Crippen molar-refractivity contribution in [2.24, 2.45) is 10.9 Å². The lowest BCUT2D eigenvalue weighted by Gasteiger charge is -2.34. The number of nitro groups is 1. The smallest absolute Gasteiger partial charge is 0.269 e. The van der Waals surface area contributed by atoms with Crippen molar-refractivity contribution in [3.8, 4) is 0 Å². The fraction of sp³-hybridized carbons (Fsp3) is 0.696. The van der Waals surface area contributed by atoms with E-state index in [0.717, 1.165) is 88.9 Å². The van der Waals surface area contributed by atoms with Crippen LogP contribution in [0.2, 0.25) is 0 Å². The number of aliphatic imine (C=N–C) groups is 1. The average Bonchev–Trinajstić information content (AvgIpc) is 3.28. The molecule has 8 nitrogen and oxygen atoms in total. The van der Waals surface area contributed by atoms with Crippen molar-refractivity contribution in [2.45, 2.75) is 51.5 Å². The van der Waals surface area contributed by atoms with Crippen LogP contribution in [0.25, 0.3) is 0 Å². The van der Waals surface area contributed by atoms with Crippen molar-refractivity contribution >= 4 is 35.6 Å². The predicted molar refractivity (Wildman–Crippen MR) is 139 cm³/mol. The molecule has 0 amide bonds. The Hall–Kier alpha value is -1.46. The number of benzene rings is 1. The van der Waals surface area contributed by atoms with Gasteiger partial charge in [0.05, 0.1) is 11.5 Å². The number of nitrogens with one attached hydrogen (secondary N) is 2. The molecule has 3 rings (SSSR count). The first-order valence-electron chi connectivity index (χ1n) is 11.7. The topological polar surface area (TPSA) is 92.0 Å². The molecule has 1 aromatic carbocycles. The molecular weight excluding hydrogens is 521 g/mol. The van der Waals surface area contributed by atoms with E-state index in [-0.39, 0.29) is 34.6 Å². The summed E-state index contributed by atoms with van der Waals surface area (Å²) in [6, 6.07) is 7.33. The molecule has 1 atom stereocenters. The zero-order chi connectivity index (χ0) is 21.9. The molecule has 2 aliphatic heterocycles. The van der Waals surface area contributed by atoms with E-state index >= 15 is 0 Å². The largest absolute Gasteiger partial charge is 0.381 e. The molecule has 1 aromatic rings. The lowest BCUT2D eigenvalue weighted by atomic mass is 10.0. The van der Waals surface area contributed by atoms with Crippen LogP contribution in [0.3, 0.4) is 0 Å². The van der Waals surface area contributed by atoms with Crippen molar-refractivity contribution in [3.63, 3.8) is 0 Å². The Bertz CT molecular complexity index is 702. The molecule has 9 heteroatoms. The summed E-state index contributed by atoms with van der Waals surface area (Å²) in [7, 11) is 0. The summed E-state index contributed by atoms with van der Waals surface area (Å²) in [4.78, 5) is 17.7. The summed E-state index contributed by atoms with van der Waals surface area (Å²) in [5.74, 6) is 1.63. The molecule has 2 aliphatic rings. The van der Waals surface area contributed by atoms with Gasteiger partial charge in [0.25, 0.3) is 5.69 Å². The third-order valence-electron chi connectivity index (χ3n) is 6.10. The lowest BCUT2D eigenvalue weighted by Crippen LogP contribution is -2.49. The first kappa shape index (κ1) is 26.8. The first-order valence-corrected chi connectivity index (χ1v) is 11.7. The number of nitro benzene ring substituents is 1. The zero-order valence-corrected chi connectivity index (χ0v) is 21.5. The van der Waals surface area contributed by atoms with E-state index in [9.17, 15) is 10.1 Å². The van der Waals surface area contributed by atoms with Gasteiger partial charge in [0, 0.05) is 57.5 Å². The molecule has 0 saturated carbocycles. The summed E-state index contributed by atoms with van der Waals surface area (Å²) < 4.78 is 5.50. The van der Waals surface area contributed by atoms with Gasteiger partial charge in [0.2, 0.25) is 0 Å². The predicted octanol–water partition coefficient (Wildman–Crippen LogP) is 3.59. The third-order valence-corrected chi connectivity index (χ3v) is 6.10. The van der Waals surface area contributed by atoms with Crippen molar-refractivity contribution in [3.05, 3.63) is 39.9 Å². The van der Waals surface area contributed by atoms with E-state index in [1.807, 2.05) is 12.1 Å². The normalized spacial score (nSPS) is 20.0. The van der Waals surface area contributed by atoms with Gasteiger partial charge in [-0.05, 0) is 56.9 Å². The van der Waals surface area contributed by atoms with E-state index in [1.54, 1.807) is 12.1 Å². The molecule has 180 valence electrons. The Kier molecular flexibility index (Phi) is 12.3. The first-order chi connectivity index (χ1) is 15.1. The number of hydrogen-bond donors (Lipinski definition) is 2. The van der Waals surface area contributed by atoms with Gasteiger partial charge in [-0.3, -0.25) is 15.1 Å². The van der Waals surface area contributed by atoms with E-state index < -0.39 is 0 Å². The maximum Gasteiger partial charge on any atom is 0.269 e. The summed E-state index contributed by atoms with van der Waals surface area (Å²) in [6.45, 7) is 9.05. The fourth-order valence-corrected chi connectivity index (χ4v) is 4.28. The standard InChI is InChI=1S/C23H37N5O3.HI/c1-2-24-23(25-13-4-3-5-19-6-8-22(9-7-19)28(29)30)26-21-10-14-27(15-11-21)17-20-12-16-31-18-20;/h6-9,20-21H,2-5,10-18H2,1H3,(H2,24,25,26);1H. The number of unbranched alkanes of at least 4 members (excludes halogenated alkanes) is 1. The summed E-state index contributed by atoms with van der Waals surface area (Å²) in [5.41, 5.74) is 1.28. The van der Waals surface area contributed by atoms with Crippen LogP contribution in [0.15, 0.2) is 29.3 Å². The van der Waals surface area contributed by atoms with Gasteiger partial charge in [-0.1, -0.05) is 12.1 Å². The van der Waals surface area contributed by atoms with E-state index in [4.69, 9.17) is 9.73 Å². The molecule has 0 radical (unpaired) electrons. The second kappa shape index (κ2) is 14.6. The van der Waals surface area contributed by atoms with Crippen LogP contribution in [0.5, 0.6) is 0 Å². The molecule has 0 bridgehead atoms. The SMILES string of the molecule is CCNC(=NCCCCc1ccc([N+](=O)[O-])cc1)NC1CCN(CC2CCOC2)CC1.I. The van der Waals surface area contributed by atoms with Crippen molar-refractivity contribution in [1.29, 1.82) is 0 Å². The quantitative estimate of drug-likeness (QED) is 0.114. The van der Waals surface area contributed by atoms with E-state index in [2.05, 4.69) is 22.5 Å². The Balaban J connectivity index is 0.00000363. The van der Waals surface area contributed by atoms with E-state index in [0.29, 0.717) is 6.04 Å². The molecule has 1 unspecified atom stereocenters. The minimum atomic E-state index is -0.359. The van der Waals surface area contributed by atoms with Gasteiger partial charge in [0.15, 0.2) is 5.96 Å². The second-order valence-electron chi connectivity index (χ2n) is 8.59. The Morgan fingerprint density at radius 1 is 1.22 bits per heavy atom. The van der Waals surface area contributed by atoms with Crippen LogP contribution < -0.4 is 10.6 Å². The van der Waals surface area contributed by atoms with Crippen LogP contribution in [-0.4, -0.2) is 67.8 Å². The number of guanidine groups is 1. The van der Waals surface area contributed by atoms with Crippen molar-refractivity contribution in [2.75, 3.05) is 45.9 Å². The number of piperidine rings is 1. The van der Waals surface area contributed by atoms with Gasteiger partial charge in [-0.25, -0.2) is 0 Å². The maximum absolute atomic E-state index is 10.7. The van der Waals surface area contributed by atoms with E-state index in [1.165, 1.54) is 13.0 Å². The van der Waals surface area contributed by atoms with Gasteiger partial charge in [-0.2, -0.15) is 0 Å². The highest BCUT2D eigenvalue weighted by Crippen LogP contribution is 2.18. The average molecular weight is 559 g/mol. The number of rotatable bonds is 10. The number of ether oxygens (including phenoxy) is 1. The van der Waals surface area contributed by atoms with Crippen LogP contribution in [0.1, 0.15) is 44.6 Å². The van der Waals surface area contributed by atoms with Crippen molar-refractivity contribution < 1.29 is 9.66 Å². The molecule has 0 spiro atoms. The number of non-ortho nitro benzene ring substituents is 1. The Morgan fingerprint density at radius 3 is 2.59 bits per heavy atom. The van der Waals surface area contributed by atoms with Crippen LogP contribution in [0, 0.1) is 16.0 Å². The molecule has 2 saturated heterocycles. The Labute approximate surface area is 208 Å². The molecule has 0 aromatic heterocycles. The lowest BCUT2D eigenvalue weighted by molar-refractivity contribution is -0.384. The maximum atomic E-state index is 10.7. The summed E-state index contributed by atoms with van der Waals surface area (Å²) in [5, 5.41) is 17.7. The summed E-state index contributed by atoms with van der Waals surface area (Å²) >= 11 is 0. The number of halogens is 1. The fourth-order valence-electron chi connectivity index (χ4n) is 4.28. The highest BCUT2D eigenvalue weighted by Gasteiger charge is 2.24. The third kappa shape index (κ3) is 9.19. The van der Waals surface area contributed by atoms with Gasteiger partial charge < -0.3 is 20.3 Å². The summed E-state index contributed by atoms with van der Waals surface area (Å²) in [6.07, 6.45) is 6.44. The number of aryl methyl sites for hydroxylation is 1. The molecular formula is C23H38IN5O3. The number of hydrogen-bond acceptors (Lipinski definition) is 5. The molecule has 0 aliphatic carbocycles. The van der Waals surface area contributed by atoms with Crippen LogP contribution in [0.4, 0.5) is 5.69 Å². The Morgan fingerprint density at radius 2 is 1.97 bits per heavy atom. The minimum Gasteiger partial charge on any atom is -0.381 e. The minimum absolute atomic E-state index is 0. The number of likely N-dealkylation sites (tertiary alicyclic amines) is 1. The van der Waals surface area contributed by atoms with Crippen molar-refractivity contribution in [1.82, 2.24) is 15.5 Å². The van der Waals surface area contributed by atoms with Gasteiger partial charge in [-0.15, -0.1) is 24.0 Å². The molecule has 2 N–H and O–H groups in total. The molecule has 2 fully saturated rings. The second-order valence-corrected chi connectivity index (χ2v) is 8.59. The zero-order valence-electron chi connectivity index (χ0n) is 19.1. The number of nitrogens with zero attached hydrogens (tertiary/aromatic N) is 3. The monoisotopic (exact) mass is 559 g/mol. The highest BCUT2D eigenvalue weighted by molar-refractivity contribution is 14.0. The van der Waals surface area contributed by atoms with Crippen LogP contribution in [-0.2, 0) is 11.2 Å². The van der Waals surface area contributed by atoms with Gasteiger partial charge in [0.1, 0.15) is 0 Å². The molecule has 2 heterocycles. The molecule has 32 heavy (non-hydrogen) atoms.